The minimum Gasteiger partial charge on any atom is -0.328 e. The standard InChI is InChI=1S/C7H15NS/c1-9-7-4-2-3-6(8)5-7/h6-7H,2-5,8H2,1H3/t6-,7-/m1/s1. The average Bonchev–Trinajstić information content (AvgIpc) is 1.88. The average molecular weight is 145 g/mol. The van der Waals surface area contributed by atoms with Crippen LogP contribution in [0.5, 0.6) is 0 Å². The van der Waals surface area contributed by atoms with Gasteiger partial charge in [0.2, 0.25) is 0 Å². The Hall–Kier alpha value is 0.310. The smallest absolute Gasteiger partial charge is 0.00590 e. The van der Waals surface area contributed by atoms with E-state index in [1.165, 1.54) is 25.7 Å². The van der Waals surface area contributed by atoms with E-state index >= 15 is 0 Å². The molecule has 0 radical (unpaired) electrons. The summed E-state index contributed by atoms with van der Waals surface area (Å²) in [7, 11) is 0. The first-order valence-electron chi connectivity index (χ1n) is 3.61. The molecule has 1 aliphatic carbocycles. The van der Waals surface area contributed by atoms with Gasteiger partial charge in [-0.05, 0) is 25.5 Å². The van der Waals surface area contributed by atoms with Crippen LogP contribution in [0.15, 0.2) is 0 Å². The molecule has 0 heterocycles. The molecule has 0 aromatic rings. The summed E-state index contributed by atoms with van der Waals surface area (Å²) in [6, 6.07) is 0.496. The molecule has 0 aromatic carbocycles. The van der Waals surface area contributed by atoms with Crippen molar-refractivity contribution in [2.75, 3.05) is 6.26 Å². The lowest BCUT2D eigenvalue weighted by Gasteiger charge is -2.24. The van der Waals surface area contributed by atoms with E-state index in [2.05, 4.69) is 6.26 Å². The molecular formula is C7H15NS. The molecular weight excluding hydrogens is 130 g/mol. The van der Waals surface area contributed by atoms with Crippen molar-refractivity contribution >= 4 is 11.8 Å². The first kappa shape index (κ1) is 7.42. The van der Waals surface area contributed by atoms with Crippen LogP contribution in [-0.4, -0.2) is 17.5 Å². The molecule has 2 N–H and O–H groups in total. The third-order valence-electron chi connectivity index (χ3n) is 2.00. The first-order valence-corrected chi connectivity index (χ1v) is 4.90. The van der Waals surface area contributed by atoms with Gasteiger partial charge in [-0.15, -0.1) is 0 Å². The van der Waals surface area contributed by atoms with Gasteiger partial charge in [0.15, 0.2) is 0 Å². The van der Waals surface area contributed by atoms with Gasteiger partial charge in [0.1, 0.15) is 0 Å². The molecule has 1 saturated carbocycles. The van der Waals surface area contributed by atoms with E-state index in [0.29, 0.717) is 6.04 Å². The van der Waals surface area contributed by atoms with Crippen molar-refractivity contribution < 1.29 is 0 Å². The number of thioether (sulfide) groups is 1. The lowest BCUT2D eigenvalue weighted by molar-refractivity contribution is 0.452. The van der Waals surface area contributed by atoms with E-state index in [9.17, 15) is 0 Å². The van der Waals surface area contributed by atoms with Gasteiger partial charge < -0.3 is 5.73 Å². The van der Waals surface area contributed by atoms with E-state index in [4.69, 9.17) is 5.73 Å². The summed E-state index contributed by atoms with van der Waals surface area (Å²) >= 11 is 1.97. The van der Waals surface area contributed by atoms with Crippen LogP contribution in [0.1, 0.15) is 25.7 Å². The molecule has 1 nitrogen and oxygen atoms in total. The molecule has 2 heteroatoms. The van der Waals surface area contributed by atoms with Gasteiger partial charge >= 0.3 is 0 Å². The molecule has 2 atom stereocenters. The van der Waals surface area contributed by atoms with Gasteiger partial charge in [-0.3, -0.25) is 0 Å². The van der Waals surface area contributed by atoms with Gasteiger partial charge in [-0.2, -0.15) is 11.8 Å². The monoisotopic (exact) mass is 145 g/mol. The fourth-order valence-corrected chi connectivity index (χ4v) is 2.24. The van der Waals surface area contributed by atoms with Gasteiger partial charge in [0, 0.05) is 11.3 Å². The Labute approximate surface area is 61.4 Å². The Balaban J connectivity index is 2.23. The lowest BCUT2D eigenvalue weighted by atomic mass is 9.96. The zero-order valence-corrected chi connectivity index (χ0v) is 6.79. The number of hydrogen-bond acceptors (Lipinski definition) is 2. The zero-order chi connectivity index (χ0) is 6.69. The summed E-state index contributed by atoms with van der Waals surface area (Å²) in [5, 5.41) is 0.855. The summed E-state index contributed by atoms with van der Waals surface area (Å²) < 4.78 is 0. The molecule has 1 aliphatic rings. The summed E-state index contributed by atoms with van der Waals surface area (Å²) in [6.45, 7) is 0. The van der Waals surface area contributed by atoms with Crippen LogP contribution in [0.25, 0.3) is 0 Å². The van der Waals surface area contributed by atoms with Gasteiger partial charge in [0.25, 0.3) is 0 Å². The van der Waals surface area contributed by atoms with Crippen LogP contribution >= 0.6 is 11.8 Å². The topological polar surface area (TPSA) is 26.0 Å². The minimum atomic E-state index is 0.496. The Kier molecular flexibility index (Phi) is 2.86. The Morgan fingerprint density at radius 2 is 2.22 bits per heavy atom. The minimum absolute atomic E-state index is 0.496. The molecule has 0 unspecified atom stereocenters. The second-order valence-electron chi connectivity index (χ2n) is 2.78. The molecule has 0 amide bonds. The molecule has 0 aliphatic heterocycles. The maximum absolute atomic E-state index is 5.79. The normalized spacial score (nSPS) is 36.7. The first-order chi connectivity index (χ1) is 4.33. The predicted octanol–water partition coefficient (Wildman–Crippen LogP) is 1.62. The molecule has 0 bridgehead atoms. The highest BCUT2D eigenvalue weighted by molar-refractivity contribution is 7.99. The summed E-state index contributed by atoms with van der Waals surface area (Å²) in [4.78, 5) is 0. The molecule has 0 aromatic heterocycles. The SMILES string of the molecule is CS[C@@H]1CCC[C@@H](N)C1. The molecule has 1 fully saturated rings. The van der Waals surface area contributed by atoms with Gasteiger partial charge in [-0.25, -0.2) is 0 Å². The third kappa shape index (κ3) is 2.18. The van der Waals surface area contributed by atoms with Crippen molar-refractivity contribution in [2.45, 2.75) is 37.0 Å². The maximum Gasteiger partial charge on any atom is 0.00590 e. The van der Waals surface area contributed by atoms with Gasteiger partial charge in [0.05, 0.1) is 0 Å². The van der Waals surface area contributed by atoms with Crippen LogP contribution < -0.4 is 5.73 Å². The molecule has 0 saturated heterocycles. The fourth-order valence-electron chi connectivity index (χ4n) is 1.40. The van der Waals surface area contributed by atoms with E-state index in [0.717, 1.165) is 5.25 Å². The molecule has 1 rings (SSSR count). The summed E-state index contributed by atoms with van der Waals surface area (Å²) in [6.07, 6.45) is 7.39. The van der Waals surface area contributed by atoms with Crippen molar-refractivity contribution in [3.8, 4) is 0 Å². The van der Waals surface area contributed by atoms with Crippen LogP contribution in [0.3, 0.4) is 0 Å². The highest BCUT2D eigenvalue weighted by atomic mass is 32.2. The van der Waals surface area contributed by atoms with E-state index in [1.54, 1.807) is 0 Å². The zero-order valence-electron chi connectivity index (χ0n) is 5.97. The quantitative estimate of drug-likeness (QED) is 0.607. The Morgan fingerprint density at radius 3 is 2.67 bits per heavy atom. The van der Waals surface area contributed by atoms with Crippen molar-refractivity contribution in [1.29, 1.82) is 0 Å². The molecule has 54 valence electrons. The van der Waals surface area contributed by atoms with Crippen molar-refractivity contribution in [1.82, 2.24) is 0 Å². The highest BCUT2D eigenvalue weighted by Gasteiger charge is 2.17. The number of rotatable bonds is 1. The highest BCUT2D eigenvalue weighted by Crippen LogP contribution is 2.25. The maximum atomic E-state index is 5.79. The van der Waals surface area contributed by atoms with Crippen LogP contribution in [0, 0.1) is 0 Å². The van der Waals surface area contributed by atoms with Gasteiger partial charge in [-0.1, -0.05) is 6.42 Å². The van der Waals surface area contributed by atoms with E-state index < -0.39 is 0 Å². The van der Waals surface area contributed by atoms with E-state index in [-0.39, 0.29) is 0 Å². The molecule has 0 spiro atoms. The van der Waals surface area contributed by atoms with Crippen molar-refractivity contribution in [3.63, 3.8) is 0 Å². The molecule has 9 heavy (non-hydrogen) atoms. The second kappa shape index (κ2) is 3.47. The second-order valence-corrected chi connectivity index (χ2v) is 3.92. The van der Waals surface area contributed by atoms with E-state index in [1.807, 2.05) is 11.8 Å². The fraction of sp³-hybridized carbons (Fsp3) is 1.00. The van der Waals surface area contributed by atoms with Crippen molar-refractivity contribution in [2.24, 2.45) is 5.73 Å². The number of hydrogen-bond donors (Lipinski definition) is 1. The largest absolute Gasteiger partial charge is 0.328 e. The number of nitrogens with two attached hydrogens (primary N) is 1. The lowest BCUT2D eigenvalue weighted by Crippen LogP contribution is -2.28. The van der Waals surface area contributed by atoms with Crippen LogP contribution in [-0.2, 0) is 0 Å². The van der Waals surface area contributed by atoms with Crippen molar-refractivity contribution in [3.05, 3.63) is 0 Å². The Morgan fingerprint density at radius 1 is 1.44 bits per heavy atom. The van der Waals surface area contributed by atoms with Crippen LogP contribution in [0.2, 0.25) is 0 Å². The summed E-state index contributed by atoms with van der Waals surface area (Å²) in [5.74, 6) is 0. The Bertz CT molecular complexity index is 85.0. The predicted molar refractivity (Wildman–Crippen MR) is 43.7 cm³/mol. The third-order valence-corrected chi connectivity index (χ3v) is 3.09. The van der Waals surface area contributed by atoms with Crippen LogP contribution in [0.4, 0.5) is 0 Å². The summed E-state index contributed by atoms with van der Waals surface area (Å²) in [5.41, 5.74) is 5.79.